The van der Waals surface area contributed by atoms with Crippen LogP contribution in [0.3, 0.4) is 0 Å². The Balaban J connectivity index is 2.19. The molecule has 1 heterocycles. The first-order valence-corrected chi connectivity index (χ1v) is 6.49. The molecular weight excluding hydrogens is 230 g/mol. The number of nitrogens with two attached hydrogens (primary N) is 1. The number of ether oxygens (including phenoxy) is 1. The van der Waals surface area contributed by atoms with Gasteiger partial charge in [-0.25, -0.2) is 4.98 Å². The number of carbonyl (C=O) groups excluding carboxylic acids is 1. The lowest BCUT2D eigenvalue weighted by Crippen LogP contribution is -2.52. The summed E-state index contributed by atoms with van der Waals surface area (Å²) in [5.41, 5.74) is 5.35. The Morgan fingerprint density at radius 2 is 2.50 bits per heavy atom. The van der Waals surface area contributed by atoms with Crippen LogP contribution >= 0.6 is 0 Å². The van der Waals surface area contributed by atoms with Crippen LogP contribution in [-0.2, 0) is 16.0 Å². The number of aromatic nitrogens is 2. The van der Waals surface area contributed by atoms with Gasteiger partial charge < -0.3 is 15.0 Å². The lowest BCUT2D eigenvalue weighted by Gasteiger charge is -2.36. The van der Waals surface area contributed by atoms with Gasteiger partial charge in [0.05, 0.1) is 7.11 Å². The smallest absolute Gasteiger partial charge is 0.325 e. The van der Waals surface area contributed by atoms with Crippen LogP contribution in [0.4, 0.5) is 0 Å². The molecule has 5 nitrogen and oxygen atoms in total. The van der Waals surface area contributed by atoms with E-state index < -0.39 is 5.54 Å². The Morgan fingerprint density at radius 1 is 1.72 bits per heavy atom. The number of rotatable bonds is 3. The Morgan fingerprint density at radius 3 is 3.17 bits per heavy atom. The van der Waals surface area contributed by atoms with Gasteiger partial charge in [-0.2, -0.15) is 0 Å². The van der Waals surface area contributed by atoms with Gasteiger partial charge in [0.25, 0.3) is 0 Å². The quantitative estimate of drug-likeness (QED) is 0.825. The summed E-state index contributed by atoms with van der Waals surface area (Å²) in [7, 11) is 1.40. The van der Waals surface area contributed by atoms with Gasteiger partial charge in [0.1, 0.15) is 11.4 Å². The van der Waals surface area contributed by atoms with Crippen molar-refractivity contribution in [3.8, 4) is 0 Å². The van der Waals surface area contributed by atoms with E-state index in [4.69, 9.17) is 10.5 Å². The van der Waals surface area contributed by atoms with E-state index in [2.05, 4.69) is 16.5 Å². The van der Waals surface area contributed by atoms with Crippen LogP contribution in [-0.4, -0.2) is 28.2 Å². The number of esters is 1. The molecule has 0 aliphatic heterocycles. The van der Waals surface area contributed by atoms with Crippen LogP contribution in [0.1, 0.15) is 44.5 Å². The van der Waals surface area contributed by atoms with Crippen molar-refractivity contribution >= 4 is 5.97 Å². The van der Waals surface area contributed by atoms with Gasteiger partial charge >= 0.3 is 5.97 Å². The van der Waals surface area contributed by atoms with Gasteiger partial charge in [-0.1, -0.05) is 6.92 Å². The molecule has 2 N–H and O–H groups in total. The van der Waals surface area contributed by atoms with E-state index in [1.807, 2.05) is 12.4 Å². The van der Waals surface area contributed by atoms with Crippen LogP contribution in [0, 0.1) is 0 Å². The summed E-state index contributed by atoms with van der Waals surface area (Å²) in [6.45, 7) is 2.08. The van der Waals surface area contributed by atoms with E-state index in [-0.39, 0.29) is 12.0 Å². The second-order valence-corrected chi connectivity index (χ2v) is 5.00. The highest BCUT2D eigenvalue weighted by atomic mass is 16.5. The van der Waals surface area contributed by atoms with E-state index >= 15 is 0 Å². The van der Waals surface area contributed by atoms with E-state index in [9.17, 15) is 4.79 Å². The zero-order valence-electron chi connectivity index (χ0n) is 11.1. The maximum absolute atomic E-state index is 11.8. The summed E-state index contributed by atoms with van der Waals surface area (Å²) in [6.07, 6.45) is 7.99. The third-order valence-corrected chi connectivity index (χ3v) is 3.81. The number of nitrogens with zero attached hydrogens (tertiary/aromatic N) is 2. The van der Waals surface area contributed by atoms with Crippen LogP contribution in [0.25, 0.3) is 0 Å². The van der Waals surface area contributed by atoms with Crippen molar-refractivity contribution in [2.75, 3.05) is 7.11 Å². The fourth-order valence-electron chi connectivity index (χ4n) is 2.85. The molecule has 2 unspecified atom stereocenters. The van der Waals surface area contributed by atoms with Crippen molar-refractivity contribution in [2.24, 2.45) is 5.73 Å². The molecule has 0 saturated heterocycles. The van der Waals surface area contributed by atoms with Crippen molar-refractivity contribution in [1.82, 2.24) is 9.55 Å². The maximum Gasteiger partial charge on any atom is 0.325 e. The molecule has 0 bridgehead atoms. The molecule has 2 rings (SSSR count). The first kappa shape index (κ1) is 13.1. The van der Waals surface area contributed by atoms with Crippen LogP contribution in [0.15, 0.2) is 12.4 Å². The highest BCUT2D eigenvalue weighted by molar-refractivity contribution is 5.80. The molecule has 1 aliphatic rings. The number of hydrogen-bond donors (Lipinski definition) is 1. The standard InChI is InChI=1S/C13H21N3O2/c1-3-11-15-7-8-16(11)10-5-4-6-13(14,9-10)12(17)18-2/h7-8,10H,3-6,9,14H2,1-2H3. The fourth-order valence-corrected chi connectivity index (χ4v) is 2.85. The predicted molar refractivity (Wildman–Crippen MR) is 68.0 cm³/mol. The first-order valence-electron chi connectivity index (χ1n) is 6.49. The lowest BCUT2D eigenvalue weighted by atomic mass is 9.79. The van der Waals surface area contributed by atoms with Gasteiger partial charge in [0.2, 0.25) is 0 Å². The number of imidazole rings is 1. The molecular formula is C13H21N3O2. The molecule has 0 radical (unpaired) electrons. The zero-order chi connectivity index (χ0) is 13.2. The average Bonchev–Trinajstić information content (AvgIpc) is 2.86. The Hall–Kier alpha value is -1.36. The molecule has 18 heavy (non-hydrogen) atoms. The molecule has 2 atom stereocenters. The molecule has 5 heteroatoms. The van der Waals surface area contributed by atoms with Crippen molar-refractivity contribution in [3.05, 3.63) is 18.2 Å². The minimum atomic E-state index is -0.840. The summed E-state index contributed by atoms with van der Waals surface area (Å²) < 4.78 is 6.98. The second kappa shape index (κ2) is 5.10. The van der Waals surface area contributed by atoms with Crippen LogP contribution in [0.2, 0.25) is 0 Å². The lowest BCUT2D eigenvalue weighted by molar-refractivity contribution is -0.148. The van der Waals surface area contributed by atoms with Crippen molar-refractivity contribution in [2.45, 2.75) is 50.6 Å². The number of aryl methyl sites for hydroxylation is 1. The van der Waals surface area contributed by atoms with E-state index in [0.717, 1.165) is 25.1 Å². The normalized spacial score (nSPS) is 28.1. The minimum Gasteiger partial charge on any atom is -0.468 e. The SMILES string of the molecule is CCc1nccn1C1CCCC(N)(C(=O)OC)C1. The van der Waals surface area contributed by atoms with Gasteiger partial charge in [0.15, 0.2) is 0 Å². The zero-order valence-corrected chi connectivity index (χ0v) is 11.1. The highest BCUT2D eigenvalue weighted by Gasteiger charge is 2.41. The van der Waals surface area contributed by atoms with E-state index in [1.165, 1.54) is 7.11 Å². The highest BCUT2D eigenvalue weighted by Crippen LogP contribution is 2.35. The van der Waals surface area contributed by atoms with Gasteiger partial charge in [-0.05, 0) is 25.7 Å². The summed E-state index contributed by atoms with van der Waals surface area (Å²) in [5, 5.41) is 0. The molecule has 1 aliphatic carbocycles. The molecule has 0 spiro atoms. The number of carbonyl (C=O) groups is 1. The number of hydrogen-bond acceptors (Lipinski definition) is 4. The molecule has 1 aromatic heterocycles. The molecule has 100 valence electrons. The molecule has 0 amide bonds. The second-order valence-electron chi connectivity index (χ2n) is 5.00. The summed E-state index contributed by atoms with van der Waals surface area (Å²) in [6, 6.07) is 0.250. The monoisotopic (exact) mass is 251 g/mol. The molecule has 0 aromatic carbocycles. The third kappa shape index (κ3) is 2.27. The fraction of sp³-hybridized carbons (Fsp3) is 0.692. The largest absolute Gasteiger partial charge is 0.468 e. The summed E-state index contributed by atoms with van der Waals surface area (Å²) in [4.78, 5) is 16.1. The van der Waals surface area contributed by atoms with Crippen molar-refractivity contribution < 1.29 is 9.53 Å². The molecule has 1 saturated carbocycles. The Bertz CT molecular complexity index is 430. The predicted octanol–water partition coefficient (Wildman–Crippen LogP) is 1.43. The van der Waals surface area contributed by atoms with Gasteiger partial charge in [0, 0.05) is 24.9 Å². The number of methoxy groups -OCH3 is 1. The van der Waals surface area contributed by atoms with Crippen molar-refractivity contribution in [1.29, 1.82) is 0 Å². The molecule has 1 aromatic rings. The molecule has 1 fully saturated rings. The topological polar surface area (TPSA) is 70.1 Å². The van der Waals surface area contributed by atoms with Crippen LogP contribution < -0.4 is 5.73 Å². The summed E-state index contributed by atoms with van der Waals surface area (Å²) >= 11 is 0. The summed E-state index contributed by atoms with van der Waals surface area (Å²) in [5.74, 6) is 0.750. The van der Waals surface area contributed by atoms with Gasteiger partial charge in [-0.3, -0.25) is 4.79 Å². The van der Waals surface area contributed by atoms with E-state index in [1.54, 1.807) is 0 Å². The third-order valence-electron chi connectivity index (χ3n) is 3.81. The maximum atomic E-state index is 11.8. The van der Waals surface area contributed by atoms with E-state index in [0.29, 0.717) is 12.8 Å². The average molecular weight is 251 g/mol. The first-order chi connectivity index (χ1) is 8.60. The van der Waals surface area contributed by atoms with Crippen molar-refractivity contribution in [3.63, 3.8) is 0 Å². The minimum absolute atomic E-state index is 0.250. The Kier molecular flexibility index (Phi) is 3.71. The van der Waals surface area contributed by atoms with Crippen LogP contribution in [0.5, 0.6) is 0 Å². The Labute approximate surface area is 107 Å². The van der Waals surface area contributed by atoms with Gasteiger partial charge in [-0.15, -0.1) is 0 Å².